The molecule has 0 heterocycles. The molecule has 1 N–H and O–H groups in total. The maximum Gasteiger partial charge on any atom is 0.0624 e. The molecule has 0 aliphatic heterocycles. The molecule has 0 saturated carbocycles. The minimum Gasteiger partial charge on any atom is -0.392 e. The lowest BCUT2D eigenvalue weighted by molar-refractivity contribution is 0.342. The zero-order chi connectivity index (χ0) is 12.2. The molecule has 16 heavy (non-hydrogen) atoms. The topological polar surface area (TPSA) is 20.2 Å². The van der Waals surface area contributed by atoms with Crippen LogP contribution in [0.25, 0.3) is 0 Å². The van der Waals surface area contributed by atoms with Crippen molar-refractivity contribution in [2.45, 2.75) is 47.0 Å². The number of hydrogen-bond acceptors (Lipinski definition) is 1. The number of aliphatic hydroxyl groups excluding tert-OH is 1. The largest absolute Gasteiger partial charge is 0.392 e. The minimum absolute atomic E-state index is 0.0714. The lowest BCUT2D eigenvalue weighted by Crippen LogP contribution is -2.19. The van der Waals surface area contributed by atoms with E-state index in [9.17, 15) is 0 Å². The van der Waals surface area contributed by atoms with Gasteiger partial charge in [-0.25, -0.2) is 0 Å². The van der Waals surface area contributed by atoms with Gasteiger partial charge in [-0.15, -0.1) is 0 Å². The summed E-state index contributed by atoms with van der Waals surface area (Å²) in [4.78, 5) is 0. The van der Waals surface area contributed by atoms with Crippen LogP contribution >= 0.6 is 0 Å². The summed E-state index contributed by atoms with van der Waals surface area (Å²) in [6, 6.07) is 0. The van der Waals surface area contributed by atoms with Crippen molar-refractivity contribution < 1.29 is 5.11 Å². The van der Waals surface area contributed by atoms with Crippen LogP contribution < -0.4 is 0 Å². The minimum atomic E-state index is 0.0714. The Balaban J connectivity index is 2.98. The summed E-state index contributed by atoms with van der Waals surface area (Å²) in [5, 5.41) is 8.77. The van der Waals surface area contributed by atoms with E-state index >= 15 is 0 Å². The van der Waals surface area contributed by atoms with Crippen LogP contribution in [0.4, 0.5) is 0 Å². The lowest BCUT2D eigenvalue weighted by atomic mass is 9.73. The highest BCUT2D eigenvalue weighted by Crippen LogP contribution is 2.39. The highest BCUT2D eigenvalue weighted by molar-refractivity contribution is 5.43. The van der Waals surface area contributed by atoms with Crippen molar-refractivity contribution in [1.82, 2.24) is 0 Å². The second-order valence-electron chi connectivity index (χ2n) is 5.21. The highest BCUT2D eigenvalue weighted by Gasteiger charge is 2.27. The zero-order valence-corrected chi connectivity index (χ0v) is 10.9. The third-order valence-electron chi connectivity index (χ3n) is 3.24. The van der Waals surface area contributed by atoms with E-state index in [1.54, 1.807) is 6.08 Å². The first-order valence-corrected chi connectivity index (χ1v) is 5.97. The summed E-state index contributed by atoms with van der Waals surface area (Å²) < 4.78 is 0. The third-order valence-corrected chi connectivity index (χ3v) is 3.24. The molecule has 0 unspecified atom stereocenters. The summed E-state index contributed by atoms with van der Waals surface area (Å²) in [5.74, 6) is 6.43. The van der Waals surface area contributed by atoms with Crippen LogP contribution in [-0.2, 0) is 0 Å². The van der Waals surface area contributed by atoms with Crippen molar-refractivity contribution in [2.75, 3.05) is 6.61 Å². The van der Waals surface area contributed by atoms with Crippen LogP contribution in [0.15, 0.2) is 22.8 Å². The maximum atomic E-state index is 8.77. The average molecular weight is 218 g/mol. The number of hydrogen-bond donors (Lipinski definition) is 1. The molecule has 88 valence electrons. The van der Waals surface area contributed by atoms with E-state index in [0.717, 1.165) is 5.57 Å². The van der Waals surface area contributed by atoms with Gasteiger partial charge in [0.2, 0.25) is 0 Å². The van der Waals surface area contributed by atoms with Crippen LogP contribution in [-0.4, -0.2) is 11.7 Å². The van der Waals surface area contributed by atoms with E-state index in [0.29, 0.717) is 0 Å². The van der Waals surface area contributed by atoms with Gasteiger partial charge in [0.15, 0.2) is 0 Å². The molecule has 0 atom stereocenters. The van der Waals surface area contributed by atoms with Gasteiger partial charge < -0.3 is 5.11 Å². The van der Waals surface area contributed by atoms with Crippen molar-refractivity contribution in [2.24, 2.45) is 5.41 Å². The SMILES string of the molecule is CC(C#CC1=C(C)CCCC1(C)C)=CCO. The fourth-order valence-corrected chi connectivity index (χ4v) is 2.25. The first kappa shape index (κ1) is 13.1. The first-order valence-electron chi connectivity index (χ1n) is 5.97. The average Bonchev–Trinajstić information content (AvgIpc) is 2.16. The molecule has 0 bridgehead atoms. The molecule has 1 heteroatoms. The van der Waals surface area contributed by atoms with Crippen LogP contribution in [0.2, 0.25) is 0 Å². The van der Waals surface area contributed by atoms with Gasteiger partial charge in [0.1, 0.15) is 0 Å². The predicted molar refractivity (Wildman–Crippen MR) is 69.0 cm³/mol. The Morgan fingerprint density at radius 3 is 2.75 bits per heavy atom. The standard InChI is InChI=1S/C15H22O/c1-12(9-11-16)7-8-14-13(2)6-5-10-15(14,3)4/h9,16H,5-6,10-11H2,1-4H3. The molecule has 1 rings (SSSR count). The van der Waals surface area contributed by atoms with Crippen molar-refractivity contribution in [3.05, 3.63) is 22.8 Å². The Morgan fingerprint density at radius 2 is 2.19 bits per heavy atom. The Kier molecular flexibility index (Phi) is 4.38. The molecule has 0 radical (unpaired) electrons. The van der Waals surface area contributed by atoms with Gasteiger partial charge in [-0.05, 0) is 50.2 Å². The fourth-order valence-electron chi connectivity index (χ4n) is 2.25. The van der Waals surface area contributed by atoms with E-state index in [2.05, 4.69) is 32.6 Å². The Labute approximate surface area is 99.3 Å². The molecule has 0 aromatic rings. The lowest BCUT2D eigenvalue weighted by Gasteiger charge is -2.31. The second-order valence-corrected chi connectivity index (χ2v) is 5.21. The molecule has 0 aromatic heterocycles. The number of rotatable bonds is 1. The normalized spacial score (nSPS) is 20.4. The van der Waals surface area contributed by atoms with Gasteiger partial charge in [-0.2, -0.15) is 0 Å². The summed E-state index contributed by atoms with van der Waals surface area (Å²) in [7, 11) is 0. The molecule has 0 fully saturated rings. The molecule has 1 aliphatic rings. The Bertz CT molecular complexity index is 372. The second kappa shape index (κ2) is 5.37. The number of aliphatic hydroxyl groups is 1. The fraction of sp³-hybridized carbons (Fsp3) is 0.600. The molecule has 1 aliphatic carbocycles. The summed E-state index contributed by atoms with van der Waals surface area (Å²) in [5.41, 5.74) is 3.89. The van der Waals surface area contributed by atoms with Crippen LogP contribution in [0.5, 0.6) is 0 Å². The van der Waals surface area contributed by atoms with Crippen LogP contribution in [0.3, 0.4) is 0 Å². The maximum absolute atomic E-state index is 8.77. The number of allylic oxidation sites excluding steroid dienone is 3. The molecular formula is C15H22O. The third kappa shape index (κ3) is 3.25. The Hall–Kier alpha value is -1.00. The molecule has 1 nitrogen and oxygen atoms in total. The highest BCUT2D eigenvalue weighted by atomic mass is 16.2. The van der Waals surface area contributed by atoms with Gasteiger partial charge in [-0.3, -0.25) is 0 Å². The zero-order valence-electron chi connectivity index (χ0n) is 10.9. The molecule has 0 amide bonds. The van der Waals surface area contributed by atoms with Gasteiger partial charge in [0.25, 0.3) is 0 Å². The van der Waals surface area contributed by atoms with Gasteiger partial charge in [0, 0.05) is 5.57 Å². The van der Waals surface area contributed by atoms with Crippen molar-refractivity contribution in [1.29, 1.82) is 0 Å². The molecular weight excluding hydrogens is 196 g/mol. The van der Waals surface area contributed by atoms with Crippen molar-refractivity contribution in [3.8, 4) is 11.8 Å². The van der Waals surface area contributed by atoms with Gasteiger partial charge >= 0.3 is 0 Å². The van der Waals surface area contributed by atoms with E-state index in [1.165, 1.54) is 30.4 Å². The molecule has 0 aromatic carbocycles. The van der Waals surface area contributed by atoms with Crippen LogP contribution in [0, 0.1) is 17.3 Å². The molecule has 0 saturated heterocycles. The first-order chi connectivity index (χ1) is 7.47. The van der Waals surface area contributed by atoms with E-state index in [4.69, 9.17) is 5.11 Å². The van der Waals surface area contributed by atoms with Gasteiger partial charge in [-0.1, -0.05) is 31.3 Å². The van der Waals surface area contributed by atoms with E-state index in [-0.39, 0.29) is 12.0 Å². The summed E-state index contributed by atoms with van der Waals surface area (Å²) >= 11 is 0. The van der Waals surface area contributed by atoms with Crippen molar-refractivity contribution >= 4 is 0 Å². The molecule has 0 spiro atoms. The van der Waals surface area contributed by atoms with Crippen LogP contribution in [0.1, 0.15) is 47.0 Å². The van der Waals surface area contributed by atoms with E-state index < -0.39 is 0 Å². The van der Waals surface area contributed by atoms with Crippen molar-refractivity contribution in [3.63, 3.8) is 0 Å². The quantitative estimate of drug-likeness (QED) is 0.668. The monoisotopic (exact) mass is 218 g/mol. The predicted octanol–water partition coefficient (Wildman–Crippen LogP) is 3.46. The summed E-state index contributed by atoms with van der Waals surface area (Å²) in [6.45, 7) is 8.74. The Morgan fingerprint density at radius 1 is 1.50 bits per heavy atom. The van der Waals surface area contributed by atoms with Gasteiger partial charge in [0.05, 0.1) is 6.61 Å². The smallest absolute Gasteiger partial charge is 0.0624 e. The van der Waals surface area contributed by atoms with E-state index in [1.807, 2.05) is 6.92 Å². The summed E-state index contributed by atoms with van der Waals surface area (Å²) in [6.07, 6.45) is 5.42.